The predicted molar refractivity (Wildman–Crippen MR) is 113 cm³/mol. The molecule has 1 heterocycles. The van der Waals surface area contributed by atoms with Gasteiger partial charge in [0, 0.05) is 58.3 Å². The van der Waals surface area contributed by atoms with E-state index in [4.69, 9.17) is 4.74 Å². The average molecular weight is 391 g/mol. The van der Waals surface area contributed by atoms with E-state index in [1.54, 1.807) is 20.2 Å². The lowest BCUT2D eigenvalue weighted by Gasteiger charge is -2.33. The molecule has 0 unspecified atom stereocenters. The van der Waals surface area contributed by atoms with Gasteiger partial charge in [0.05, 0.1) is 5.56 Å². The van der Waals surface area contributed by atoms with Crippen LogP contribution in [0.5, 0.6) is 0 Å². The minimum absolute atomic E-state index is 0.119. The molecule has 0 radical (unpaired) electrons. The second kappa shape index (κ2) is 10.9. The van der Waals surface area contributed by atoms with Crippen LogP contribution in [-0.2, 0) is 4.74 Å². The molecule has 0 aliphatic carbocycles. The van der Waals surface area contributed by atoms with Crippen LogP contribution in [-0.4, -0.2) is 63.8 Å². The number of piperidine rings is 1. The Balaban J connectivity index is 2.16. The van der Waals surface area contributed by atoms with E-state index >= 15 is 0 Å². The van der Waals surface area contributed by atoms with Gasteiger partial charge < -0.3 is 25.2 Å². The Bertz CT molecular complexity index is 655. The molecule has 7 nitrogen and oxygen atoms in total. The standard InChI is InChI=1S/C21H34N4O3/c1-5-28-14-6-11-22-20(26)18-15-17(23-21(27)24(3)4)7-8-19(18)25-12-9-16(2)10-13-25/h7-8,15-16H,5-6,9-14H2,1-4H3,(H,22,26)(H,23,27). The maximum Gasteiger partial charge on any atom is 0.321 e. The molecule has 1 aliphatic rings. The Morgan fingerprint density at radius 3 is 2.61 bits per heavy atom. The highest BCUT2D eigenvalue weighted by atomic mass is 16.5. The Kier molecular flexibility index (Phi) is 8.57. The largest absolute Gasteiger partial charge is 0.382 e. The number of hydrogen-bond donors (Lipinski definition) is 2. The molecule has 1 aliphatic heterocycles. The molecule has 3 amide bonds. The van der Waals surface area contributed by atoms with Crippen molar-refractivity contribution in [3.05, 3.63) is 23.8 Å². The summed E-state index contributed by atoms with van der Waals surface area (Å²) in [4.78, 5) is 28.6. The highest BCUT2D eigenvalue weighted by molar-refractivity contribution is 6.02. The third kappa shape index (κ3) is 6.41. The third-order valence-electron chi connectivity index (χ3n) is 4.98. The Morgan fingerprint density at radius 1 is 1.25 bits per heavy atom. The molecule has 0 spiro atoms. The highest BCUT2D eigenvalue weighted by Crippen LogP contribution is 2.28. The van der Waals surface area contributed by atoms with E-state index < -0.39 is 0 Å². The summed E-state index contributed by atoms with van der Waals surface area (Å²) in [5.41, 5.74) is 2.15. The van der Waals surface area contributed by atoms with Crippen molar-refractivity contribution in [1.82, 2.24) is 10.2 Å². The van der Waals surface area contributed by atoms with Gasteiger partial charge in [-0.25, -0.2) is 4.79 Å². The fourth-order valence-electron chi connectivity index (χ4n) is 3.17. The summed E-state index contributed by atoms with van der Waals surface area (Å²) in [6.07, 6.45) is 3.01. The van der Waals surface area contributed by atoms with Crippen LogP contribution >= 0.6 is 0 Å². The summed E-state index contributed by atoms with van der Waals surface area (Å²) >= 11 is 0. The summed E-state index contributed by atoms with van der Waals surface area (Å²) in [7, 11) is 3.37. The zero-order valence-electron chi connectivity index (χ0n) is 17.6. The lowest BCUT2D eigenvalue weighted by atomic mass is 9.98. The average Bonchev–Trinajstić information content (AvgIpc) is 2.68. The number of anilines is 2. The first-order valence-electron chi connectivity index (χ1n) is 10.2. The molecule has 1 saturated heterocycles. The monoisotopic (exact) mass is 390 g/mol. The Morgan fingerprint density at radius 2 is 1.96 bits per heavy atom. The summed E-state index contributed by atoms with van der Waals surface area (Å²) < 4.78 is 5.32. The zero-order chi connectivity index (χ0) is 20.5. The number of rotatable bonds is 8. The molecule has 0 aromatic heterocycles. The second-order valence-corrected chi connectivity index (χ2v) is 7.53. The van der Waals surface area contributed by atoms with Crippen molar-refractivity contribution in [2.24, 2.45) is 5.92 Å². The van der Waals surface area contributed by atoms with E-state index in [0.717, 1.165) is 38.0 Å². The molecule has 1 aromatic carbocycles. The first kappa shape index (κ1) is 22.0. The highest BCUT2D eigenvalue weighted by Gasteiger charge is 2.22. The number of urea groups is 1. The number of amides is 3. The van der Waals surface area contributed by atoms with E-state index in [9.17, 15) is 9.59 Å². The maximum atomic E-state index is 12.9. The molecule has 7 heteroatoms. The molecule has 0 saturated carbocycles. The van der Waals surface area contributed by atoms with E-state index in [0.29, 0.717) is 36.9 Å². The fraction of sp³-hybridized carbons (Fsp3) is 0.619. The van der Waals surface area contributed by atoms with Gasteiger partial charge in [-0.15, -0.1) is 0 Å². The number of carbonyl (C=O) groups is 2. The van der Waals surface area contributed by atoms with E-state index in [2.05, 4.69) is 22.5 Å². The van der Waals surface area contributed by atoms with Crippen LogP contribution < -0.4 is 15.5 Å². The van der Waals surface area contributed by atoms with Crippen molar-refractivity contribution in [3.8, 4) is 0 Å². The second-order valence-electron chi connectivity index (χ2n) is 7.53. The van der Waals surface area contributed by atoms with Gasteiger partial charge in [0.1, 0.15) is 0 Å². The number of benzene rings is 1. The third-order valence-corrected chi connectivity index (χ3v) is 4.98. The normalized spacial score (nSPS) is 14.6. The summed E-state index contributed by atoms with van der Waals surface area (Å²) in [5, 5.41) is 5.81. The van der Waals surface area contributed by atoms with E-state index in [-0.39, 0.29) is 11.9 Å². The van der Waals surface area contributed by atoms with Crippen LogP contribution in [0.2, 0.25) is 0 Å². The van der Waals surface area contributed by atoms with Crippen LogP contribution in [0.3, 0.4) is 0 Å². The van der Waals surface area contributed by atoms with Crippen molar-refractivity contribution >= 4 is 23.3 Å². The maximum absolute atomic E-state index is 12.9. The molecule has 1 fully saturated rings. The molecule has 2 N–H and O–H groups in total. The Hall–Kier alpha value is -2.28. The van der Waals surface area contributed by atoms with Crippen LogP contribution in [0.25, 0.3) is 0 Å². The van der Waals surface area contributed by atoms with Crippen molar-refractivity contribution < 1.29 is 14.3 Å². The van der Waals surface area contributed by atoms with Gasteiger partial charge in [0.2, 0.25) is 0 Å². The summed E-state index contributed by atoms with van der Waals surface area (Å²) in [5.74, 6) is 0.594. The van der Waals surface area contributed by atoms with Crippen molar-refractivity contribution in [3.63, 3.8) is 0 Å². The molecule has 1 aromatic rings. The van der Waals surface area contributed by atoms with E-state index in [1.807, 2.05) is 19.1 Å². The molecular formula is C21H34N4O3. The molecular weight excluding hydrogens is 356 g/mol. The lowest BCUT2D eigenvalue weighted by molar-refractivity contribution is 0.0944. The topological polar surface area (TPSA) is 73.9 Å². The first-order valence-corrected chi connectivity index (χ1v) is 10.2. The molecule has 156 valence electrons. The number of nitrogens with one attached hydrogen (secondary N) is 2. The predicted octanol–water partition coefficient (Wildman–Crippen LogP) is 3.17. The quantitative estimate of drug-likeness (QED) is 0.669. The van der Waals surface area contributed by atoms with Crippen molar-refractivity contribution in [2.75, 3.05) is 57.2 Å². The van der Waals surface area contributed by atoms with E-state index in [1.165, 1.54) is 4.90 Å². The zero-order valence-corrected chi connectivity index (χ0v) is 17.6. The van der Waals surface area contributed by atoms with Crippen molar-refractivity contribution in [2.45, 2.75) is 33.1 Å². The van der Waals surface area contributed by atoms with Gasteiger partial charge in [-0.05, 0) is 50.3 Å². The van der Waals surface area contributed by atoms with Crippen molar-refractivity contribution in [1.29, 1.82) is 0 Å². The molecule has 2 rings (SSSR count). The minimum Gasteiger partial charge on any atom is -0.382 e. The fourth-order valence-corrected chi connectivity index (χ4v) is 3.17. The van der Waals surface area contributed by atoms with Gasteiger partial charge in [-0.2, -0.15) is 0 Å². The number of hydrogen-bond acceptors (Lipinski definition) is 4. The van der Waals surface area contributed by atoms with Gasteiger partial charge in [-0.3, -0.25) is 4.79 Å². The lowest BCUT2D eigenvalue weighted by Crippen LogP contribution is -2.35. The number of ether oxygens (including phenoxy) is 1. The molecule has 0 atom stereocenters. The number of nitrogens with zero attached hydrogens (tertiary/aromatic N) is 2. The smallest absolute Gasteiger partial charge is 0.321 e. The molecule has 0 bridgehead atoms. The summed E-state index contributed by atoms with van der Waals surface area (Å²) in [6.45, 7) is 7.97. The van der Waals surface area contributed by atoms with Crippen LogP contribution in [0.4, 0.5) is 16.2 Å². The van der Waals surface area contributed by atoms with Crippen LogP contribution in [0.15, 0.2) is 18.2 Å². The summed E-state index contributed by atoms with van der Waals surface area (Å²) in [6, 6.07) is 5.35. The van der Waals surface area contributed by atoms with Gasteiger partial charge in [-0.1, -0.05) is 6.92 Å². The van der Waals surface area contributed by atoms with Gasteiger partial charge in [0.15, 0.2) is 0 Å². The van der Waals surface area contributed by atoms with Crippen LogP contribution in [0.1, 0.15) is 43.5 Å². The Labute approximate surface area is 168 Å². The van der Waals surface area contributed by atoms with Gasteiger partial charge in [0.25, 0.3) is 5.91 Å². The molecule has 28 heavy (non-hydrogen) atoms. The minimum atomic E-state index is -0.220. The van der Waals surface area contributed by atoms with Crippen LogP contribution in [0, 0.1) is 5.92 Å². The van der Waals surface area contributed by atoms with Gasteiger partial charge >= 0.3 is 6.03 Å². The number of carbonyl (C=O) groups excluding carboxylic acids is 2. The first-order chi connectivity index (χ1) is 13.4. The SMILES string of the molecule is CCOCCCNC(=O)c1cc(NC(=O)N(C)C)ccc1N1CCC(C)CC1.